The Hall–Kier alpha value is 6.34. The van der Waals surface area contributed by atoms with Gasteiger partial charge < -0.3 is 58.0 Å². The average Bonchev–Trinajstić information content (AvgIpc) is 1.80. The Morgan fingerprint density at radius 1 is 0.478 bits per heavy atom. The molecule has 0 aliphatic rings. The summed E-state index contributed by atoms with van der Waals surface area (Å²) in [4.78, 5) is 1.10. The van der Waals surface area contributed by atoms with Crippen LogP contribution >= 0.6 is 0 Å². The molecule has 0 aliphatic carbocycles. The van der Waals surface area contributed by atoms with E-state index in [9.17, 15) is 0 Å². The Kier molecular flexibility index (Phi) is 142. The molecule has 0 unspecified atom stereocenters. The zero-order valence-corrected chi connectivity index (χ0v) is 31.0. The van der Waals surface area contributed by atoms with E-state index in [1.165, 1.54) is 0 Å². The summed E-state index contributed by atoms with van der Waals surface area (Å²) in [6, 6.07) is 0. The van der Waals surface area contributed by atoms with E-state index in [-0.39, 0.29) is 253 Å². The molecule has 23 heavy (non-hydrogen) atoms. The Morgan fingerprint density at radius 2 is 0.609 bits per heavy atom. The molecule has 0 aliphatic heterocycles. The molecular formula is C6H26NO11Pr5+. The second-order valence-electron chi connectivity index (χ2n) is 2.66. The first-order valence-electron chi connectivity index (χ1n) is 3.72. The second kappa shape index (κ2) is 46.5. The average molecular weight is 993 g/mol. The standard InChI is InChI=1S/C6H15NO6.5H2O.5Pr/c8-4(9)1-7(2-5(10)11)3-6(12)13;;;;;;;;;;/h4-6,8-13H,1-3H2;5*1H2;;;;;/p+1. The topological polar surface area (TPSA) is 284 Å². The van der Waals surface area contributed by atoms with Gasteiger partial charge in [0.2, 0.25) is 0 Å². The Morgan fingerprint density at radius 3 is 0.696 bits per heavy atom. The van der Waals surface area contributed by atoms with Crippen LogP contribution in [0.5, 0.6) is 0 Å². The molecule has 135 valence electrons. The predicted octanol–water partition coefficient (Wildman–Crippen LogP) is -8.00. The Bertz CT molecular complexity index is 126. The van der Waals surface area contributed by atoms with Gasteiger partial charge in [-0.1, -0.05) is 0 Å². The summed E-state index contributed by atoms with van der Waals surface area (Å²) < 4.78 is 0. The Balaban J connectivity index is -0.0000000160. The van der Waals surface area contributed by atoms with Gasteiger partial charge in [0.25, 0.3) is 0 Å². The predicted molar refractivity (Wildman–Crippen MR) is 60.4 cm³/mol. The molecule has 0 spiro atoms. The summed E-state index contributed by atoms with van der Waals surface area (Å²) in [5, 5.41) is 51.2. The summed E-state index contributed by atoms with van der Waals surface area (Å²) in [5.74, 6) is 0. The molecule has 0 rings (SSSR count). The fourth-order valence-electron chi connectivity index (χ4n) is 0.916. The maximum atomic E-state index is 8.54. The molecule has 12 nitrogen and oxygen atoms in total. The first-order valence-corrected chi connectivity index (χ1v) is 3.72. The third kappa shape index (κ3) is 58.5. The van der Waals surface area contributed by atoms with Gasteiger partial charge >= 0.3 is 0 Å². The monoisotopic (exact) mass is 993 g/mol. The van der Waals surface area contributed by atoms with Gasteiger partial charge in [-0.15, -0.1) is 0 Å². The van der Waals surface area contributed by atoms with Crippen molar-refractivity contribution in [2.45, 2.75) is 18.9 Å². The molecule has 0 fully saturated rings. The molecule has 0 saturated heterocycles. The fourth-order valence-corrected chi connectivity index (χ4v) is 0.916. The minimum Gasteiger partial charge on any atom is -0.457 e. The van der Waals surface area contributed by atoms with Crippen molar-refractivity contribution in [1.29, 1.82) is 0 Å². The molecule has 5 radical (unpaired) electrons. The number of hydrogen-bond acceptors (Lipinski definition) is 7. The minimum absolute atomic E-state index is 0. The molecule has 0 amide bonds. The third-order valence-electron chi connectivity index (χ3n) is 1.26. The van der Waals surface area contributed by atoms with Crippen molar-refractivity contribution in [2.24, 2.45) is 0 Å². The van der Waals surface area contributed by atoms with Crippen molar-refractivity contribution in [2.75, 3.05) is 19.6 Å². The van der Waals surface area contributed by atoms with Crippen LogP contribution in [0.1, 0.15) is 0 Å². The van der Waals surface area contributed by atoms with E-state index in [2.05, 4.69) is 0 Å². The second-order valence-corrected chi connectivity index (χ2v) is 2.66. The quantitative estimate of drug-likeness (QED) is 0.110. The van der Waals surface area contributed by atoms with Crippen LogP contribution in [0.25, 0.3) is 0 Å². The molecular weight excluding hydrogens is 967 g/mol. The van der Waals surface area contributed by atoms with Gasteiger partial charge in [-0.2, -0.15) is 0 Å². The van der Waals surface area contributed by atoms with Gasteiger partial charge in [-0.3, -0.25) is 4.90 Å². The first-order chi connectivity index (χ1) is 5.91. The van der Waals surface area contributed by atoms with Crippen molar-refractivity contribution in [3.63, 3.8) is 0 Å². The molecule has 0 aromatic heterocycles. The number of aliphatic hydroxyl groups is 6. The van der Waals surface area contributed by atoms with E-state index in [0.29, 0.717) is 0 Å². The zero-order chi connectivity index (χ0) is 10.4. The van der Waals surface area contributed by atoms with Gasteiger partial charge in [0, 0.05) is 226 Å². The van der Waals surface area contributed by atoms with Crippen LogP contribution in [-0.2, 0) is 5.48 Å². The van der Waals surface area contributed by atoms with Gasteiger partial charge in [-0.25, -0.2) is 0 Å². The summed E-state index contributed by atoms with van der Waals surface area (Å²) in [6.45, 7) is -0.847. The molecule has 0 aromatic carbocycles. The summed E-state index contributed by atoms with van der Waals surface area (Å²) in [6.07, 6.45) is -4.97. The van der Waals surface area contributed by atoms with Crippen LogP contribution in [0.3, 0.4) is 0 Å². The largest absolute Gasteiger partial charge is 0.457 e. The van der Waals surface area contributed by atoms with E-state index < -0.39 is 18.9 Å². The number of nitrogens with zero attached hydrogens (tertiary/aromatic N) is 1. The van der Waals surface area contributed by atoms with E-state index in [4.69, 9.17) is 30.6 Å². The summed E-state index contributed by atoms with van der Waals surface area (Å²) >= 11 is 0. The van der Waals surface area contributed by atoms with Crippen LogP contribution in [0.15, 0.2) is 0 Å². The first kappa shape index (κ1) is 70.1. The maximum absolute atomic E-state index is 8.54. The van der Waals surface area contributed by atoms with Gasteiger partial charge in [0.05, 0.1) is 0 Å². The smallest absolute Gasteiger partial charge is 0.164 e. The number of hydrogen-bond donors (Lipinski definition) is 6. The maximum Gasteiger partial charge on any atom is 0.164 e. The van der Waals surface area contributed by atoms with E-state index in [1.54, 1.807) is 0 Å². The molecule has 17 heteroatoms. The van der Waals surface area contributed by atoms with Crippen LogP contribution in [0.2, 0.25) is 0 Å². The van der Waals surface area contributed by atoms with Crippen molar-refractivity contribution in [3.8, 4) is 0 Å². The Labute approximate surface area is 300 Å². The zero-order valence-electron chi connectivity index (χ0n) is 12.4. The molecule has 0 saturated carbocycles. The molecule has 0 aromatic rings. The summed E-state index contributed by atoms with van der Waals surface area (Å²) in [7, 11) is 0. The van der Waals surface area contributed by atoms with Crippen molar-refractivity contribution in [1.82, 2.24) is 4.90 Å². The normalized spacial score (nSPS) is 7.04. The number of rotatable bonds is 6. The van der Waals surface area contributed by atoms with E-state index in [1.807, 2.05) is 0 Å². The molecule has 17 N–H and O–H groups in total. The molecule has 0 atom stereocenters. The van der Waals surface area contributed by atoms with Gasteiger partial charge in [0.15, 0.2) is 18.9 Å². The third-order valence-corrected chi connectivity index (χ3v) is 1.26. The number of aliphatic hydroxyl groups excluding tert-OH is 3. The van der Waals surface area contributed by atoms with Crippen LogP contribution in [0.4, 0.5) is 0 Å². The summed E-state index contributed by atoms with van der Waals surface area (Å²) in [5.41, 5.74) is 0. The van der Waals surface area contributed by atoms with Crippen molar-refractivity contribution in [3.05, 3.63) is 0 Å². The van der Waals surface area contributed by atoms with Crippen LogP contribution in [0, 0.1) is 206 Å². The molecule has 0 bridgehead atoms. The minimum atomic E-state index is -1.66. The van der Waals surface area contributed by atoms with Crippen molar-refractivity contribution < 1.29 is 264 Å². The van der Waals surface area contributed by atoms with Crippen LogP contribution in [-0.4, -0.2) is 95.9 Å². The van der Waals surface area contributed by atoms with E-state index in [0.717, 1.165) is 4.90 Å². The van der Waals surface area contributed by atoms with Crippen molar-refractivity contribution >= 4 is 0 Å². The molecule has 0 heterocycles. The van der Waals surface area contributed by atoms with Gasteiger partial charge in [-0.05, 0) is 0 Å². The SMILES string of the molecule is O.O.O.O.OC(O)CN(CC(O)O)CC(O)O.[OH3+].[Pr].[Pr].[Pr].[Pr].[Pr]. The van der Waals surface area contributed by atoms with Crippen LogP contribution < -0.4 is 0 Å². The van der Waals surface area contributed by atoms with Gasteiger partial charge in [0.1, 0.15) is 0 Å². The van der Waals surface area contributed by atoms with E-state index >= 15 is 0 Å². The fraction of sp³-hybridized carbons (Fsp3) is 1.00.